The summed E-state index contributed by atoms with van der Waals surface area (Å²) in [5.74, 6) is 0. The second-order valence-corrected chi connectivity index (χ2v) is 7.98. The zero-order chi connectivity index (χ0) is 15.7. The van der Waals surface area contributed by atoms with E-state index in [2.05, 4.69) is 5.32 Å². The number of nitrogens with zero attached hydrogens (tertiary/aromatic N) is 1. The average molecular weight is 310 g/mol. The molecule has 126 valence electrons. The van der Waals surface area contributed by atoms with Gasteiger partial charge in [0.05, 0.1) is 12.2 Å². The summed E-state index contributed by atoms with van der Waals surface area (Å²) in [4.78, 5) is 14.1. The van der Waals surface area contributed by atoms with Gasteiger partial charge in [0.2, 0.25) is 0 Å². The summed E-state index contributed by atoms with van der Waals surface area (Å²) in [6, 6.07) is 1.03. The van der Waals surface area contributed by atoms with Crippen LogP contribution in [0.1, 0.15) is 59.3 Å². The molecule has 0 spiro atoms. The van der Waals surface area contributed by atoms with Gasteiger partial charge in [0, 0.05) is 25.2 Å². The summed E-state index contributed by atoms with van der Waals surface area (Å²) in [7, 11) is 0. The molecule has 0 unspecified atom stereocenters. The van der Waals surface area contributed by atoms with E-state index in [0.29, 0.717) is 24.3 Å². The van der Waals surface area contributed by atoms with Gasteiger partial charge in [0.15, 0.2) is 0 Å². The number of hydrogen-bond donors (Lipinski definition) is 1. The van der Waals surface area contributed by atoms with E-state index in [-0.39, 0.29) is 6.09 Å². The van der Waals surface area contributed by atoms with Gasteiger partial charge in [-0.1, -0.05) is 0 Å². The number of hydrogen-bond acceptors (Lipinski definition) is 4. The van der Waals surface area contributed by atoms with Crippen LogP contribution in [0, 0.1) is 0 Å². The van der Waals surface area contributed by atoms with Gasteiger partial charge in [-0.3, -0.25) is 0 Å². The molecule has 3 saturated heterocycles. The number of ether oxygens (including phenoxy) is 2. The van der Waals surface area contributed by atoms with Crippen molar-refractivity contribution in [3.05, 3.63) is 0 Å². The smallest absolute Gasteiger partial charge is 0.410 e. The first-order chi connectivity index (χ1) is 10.4. The Hall–Kier alpha value is -0.810. The molecule has 3 fully saturated rings. The van der Waals surface area contributed by atoms with Crippen LogP contribution in [-0.2, 0) is 9.47 Å². The molecular weight excluding hydrogens is 280 g/mol. The molecule has 3 aliphatic heterocycles. The molecule has 0 aromatic carbocycles. The van der Waals surface area contributed by atoms with Crippen molar-refractivity contribution >= 4 is 6.09 Å². The van der Waals surface area contributed by atoms with E-state index in [9.17, 15) is 4.79 Å². The summed E-state index contributed by atoms with van der Waals surface area (Å²) in [5, 5.41) is 3.79. The normalized spacial score (nSPS) is 35.5. The van der Waals surface area contributed by atoms with Crippen LogP contribution in [0.5, 0.6) is 0 Å². The monoisotopic (exact) mass is 310 g/mol. The highest BCUT2D eigenvalue weighted by Crippen LogP contribution is 2.35. The molecule has 0 aromatic heterocycles. The molecule has 22 heavy (non-hydrogen) atoms. The minimum atomic E-state index is -0.415. The number of nitrogens with one attached hydrogen (secondary N) is 1. The maximum Gasteiger partial charge on any atom is 0.410 e. The molecule has 5 nitrogen and oxygen atoms in total. The molecule has 2 bridgehead atoms. The van der Waals surface area contributed by atoms with Crippen LogP contribution in [-0.4, -0.2) is 54.0 Å². The maximum atomic E-state index is 12.2. The van der Waals surface area contributed by atoms with Crippen LogP contribution in [0.4, 0.5) is 4.79 Å². The zero-order valence-electron chi connectivity index (χ0n) is 14.1. The van der Waals surface area contributed by atoms with Crippen LogP contribution in [0.2, 0.25) is 0 Å². The number of amides is 1. The van der Waals surface area contributed by atoms with E-state index < -0.39 is 5.60 Å². The molecule has 4 atom stereocenters. The summed E-state index contributed by atoms with van der Waals surface area (Å²) in [6.07, 6.45) is 7.53. The van der Waals surface area contributed by atoms with Crippen molar-refractivity contribution < 1.29 is 14.3 Å². The SMILES string of the molecule is CC(C)(C)OC(=O)N1CCC[C@H](N[C@@H]2C[C@H]3CC[C@H]2O3)CC1. The minimum Gasteiger partial charge on any atom is -0.444 e. The molecule has 1 amide bonds. The zero-order valence-corrected chi connectivity index (χ0v) is 14.1. The topological polar surface area (TPSA) is 50.8 Å². The van der Waals surface area contributed by atoms with Gasteiger partial charge >= 0.3 is 6.09 Å². The largest absolute Gasteiger partial charge is 0.444 e. The van der Waals surface area contributed by atoms with Crippen molar-refractivity contribution in [2.75, 3.05) is 13.1 Å². The van der Waals surface area contributed by atoms with Crippen molar-refractivity contribution in [1.29, 1.82) is 0 Å². The van der Waals surface area contributed by atoms with Crippen molar-refractivity contribution in [2.45, 2.75) is 89.2 Å². The van der Waals surface area contributed by atoms with Gasteiger partial charge in [-0.15, -0.1) is 0 Å². The first-order valence-corrected chi connectivity index (χ1v) is 8.80. The highest BCUT2D eigenvalue weighted by molar-refractivity contribution is 5.68. The third-order valence-corrected chi connectivity index (χ3v) is 4.94. The highest BCUT2D eigenvalue weighted by Gasteiger charge is 2.41. The number of carbonyl (C=O) groups excluding carboxylic acids is 1. The Morgan fingerprint density at radius 2 is 2.00 bits per heavy atom. The summed E-state index contributed by atoms with van der Waals surface area (Å²) < 4.78 is 11.4. The van der Waals surface area contributed by atoms with Gasteiger partial charge < -0.3 is 19.7 Å². The minimum absolute atomic E-state index is 0.170. The van der Waals surface area contributed by atoms with E-state index in [4.69, 9.17) is 9.47 Å². The van der Waals surface area contributed by atoms with Crippen LogP contribution >= 0.6 is 0 Å². The predicted octanol–water partition coefficient (Wildman–Crippen LogP) is 2.69. The Labute approximate surface area is 133 Å². The van der Waals surface area contributed by atoms with E-state index in [1.807, 2.05) is 25.7 Å². The van der Waals surface area contributed by atoms with Crippen molar-refractivity contribution in [3.8, 4) is 0 Å². The second kappa shape index (κ2) is 6.36. The standard InChI is InChI=1S/C17H30N2O3/c1-17(2,3)22-16(20)19-9-4-5-12(8-10-19)18-14-11-13-6-7-15(14)21-13/h12-15,18H,4-11H2,1-3H3/t12-,13+,14+,15+/m0/s1. The molecule has 3 heterocycles. The number of fused-ring (bicyclic) bond motifs is 2. The molecule has 0 radical (unpaired) electrons. The summed E-state index contributed by atoms with van der Waals surface area (Å²) in [5.41, 5.74) is -0.415. The Bertz CT molecular complexity index is 407. The lowest BCUT2D eigenvalue weighted by Gasteiger charge is -2.27. The van der Waals surface area contributed by atoms with Gasteiger partial charge in [-0.05, 0) is 59.3 Å². The van der Waals surface area contributed by atoms with Crippen LogP contribution in [0.3, 0.4) is 0 Å². The Morgan fingerprint density at radius 3 is 2.64 bits per heavy atom. The Morgan fingerprint density at radius 1 is 1.18 bits per heavy atom. The van der Waals surface area contributed by atoms with E-state index >= 15 is 0 Å². The first-order valence-electron chi connectivity index (χ1n) is 8.80. The Kier molecular flexibility index (Phi) is 4.64. The predicted molar refractivity (Wildman–Crippen MR) is 84.9 cm³/mol. The second-order valence-electron chi connectivity index (χ2n) is 7.98. The molecule has 0 aliphatic carbocycles. The van der Waals surface area contributed by atoms with Crippen molar-refractivity contribution in [2.24, 2.45) is 0 Å². The molecule has 5 heteroatoms. The lowest BCUT2D eigenvalue weighted by atomic mass is 9.94. The molecule has 3 rings (SSSR count). The average Bonchev–Trinajstić information content (AvgIpc) is 2.94. The van der Waals surface area contributed by atoms with Crippen molar-refractivity contribution in [3.63, 3.8) is 0 Å². The lowest BCUT2D eigenvalue weighted by molar-refractivity contribution is 0.0255. The Balaban J connectivity index is 1.47. The van der Waals surface area contributed by atoms with E-state index in [1.54, 1.807) is 0 Å². The van der Waals surface area contributed by atoms with Gasteiger partial charge in [-0.2, -0.15) is 0 Å². The first kappa shape index (κ1) is 16.1. The maximum absolute atomic E-state index is 12.2. The lowest BCUT2D eigenvalue weighted by Crippen LogP contribution is -2.44. The summed E-state index contributed by atoms with van der Waals surface area (Å²) in [6.45, 7) is 7.35. The van der Waals surface area contributed by atoms with Crippen LogP contribution in [0.15, 0.2) is 0 Å². The number of carbonyl (C=O) groups is 1. The third kappa shape index (κ3) is 3.93. The van der Waals surface area contributed by atoms with Crippen LogP contribution < -0.4 is 5.32 Å². The fourth-order valence-corrected chi connectivity index (χ4v) is 3.89. The molecule has 3 aliphatic rings. The fraction of sp³-hybridized carbons (Fsp3) is 0.941. The number of likely N-dealkylation sites (tertiary alicyclic amines) is 1. The molecular formula is C17H30N2O3. The van der Waals surface area contributed by atoms with Gasteiger partial charge in [-0.25, -0.2) is 4.79 Å². The van der Waals surface area contributed by atoms with Crippen molar-refractivity contribution in [1.82, 2.24) is 10.2 Å². The van der Waals surface area contributed by atoms with Gasteiger partial charge in [0.1, 0.15) is 5.60 Å². The molecule has 0 aromatic rings. The molecule has 0 saturated carbocycles. The van der Waals surface area contributed by atoms with E-state index in [0.717, 1.165) is 38.8 Å². The van der Waals surface area contributed by atoms with Crippen LogP contribution in [0.25, 0.3) is 0 Å². The van der Waals surface area contributed by atoms with Gasteiger partial charge in [0.25, 0.3) is 0 Å². The molecule has 1 N–H and O–H groups in total. The van der Waals surface area contributed by atoms with E-state index in [1.165, 1.54) is 12.8 Å². The third-order valence-electron chi connectivity index (χ3n) is 4.94. The number of rotatable bonds is 2. The quantitative estimate of drug-likeness (QED) is 0.852. The fourth-order valence-electron chi connectivity index (χ4n) is 3.89. The highest BCUT2D eigenvalue weighted by atomic mass is 16.6. The summed E-state index contributed by atoms with van der Waals surface area (Å²) >= 11 is 0.